The topological polar surface area (TPSA) is 20.3 Å². The Labute approximate surface area is 81.3 Å². The highest BCUT2D eigenvalue weighted by atomic mass is 16.1. The molecule has 0 radical (unpaired) electrons. The lowest BCUT2D eigenvalue weighted by atomic mass is 10.2. The zero-order valence-electron chi connectivity index (χ0n) is 8.88. The molecule has 76 valence electrons. The Balaban J connectivity index is 2.22. The van der Waals surface area contributed by atoms with E-state index in [2.05, 4.69) is 18.9 Å². The number of likely N-dealkylation sites (N-methyl/N-ethyl adjacent to an activating group) is 1. The van der Waals surface area contributed by atoms with Crippen LogP contribution in [0.25, 0.3) is 0 Å². The third kappa shape index (κ3) is 3.11. The van der Waals surface area contributed by atoms with Crippen LogP contribution in [0.5, 0.6) is 0 Å². The summed E-state index contributed by atoms with van der Waals surface area (Å²) in [4.78, 5) is 13.6. The van der Waals surface area contributed by atoms with Gasteiger partial charge in [0.1, 0.15) is 5.78 Å². The minimum absolute atomic E-state index is 0.247. The van der Waals surface area contributed by atoms with Crippen LogP contribution in [-0.4, -0.2) is 30.3 Å². The highest BCUT2D eigenvalue weighted by Crippen LogP contribution is 2.19. The summed E-state index contributed by atoms with van der Waals surface area (Å²) in [5.41, 5.74) is 0. The van der Waals surface area contributed by atoms with Crippen LogP contribution < -0.4 is 0 Å². The lowest BCUT2D eigenvalue weighted by molar-refractivity contribution is -0.121. The maximum absolute atomic E-state index is 11.4. The summed E-state index contributed by atoms with van der Waals surface area (Å²) in [6, 6.07) is 0.247. The fourth-order valence-electron chi connectivity index (χ4n) is 2.03. The summed E-state index contributed by atoms with van der Waals surface area (Å²) in [5.74, 6) is 0.457. The van der Waals surface area contributed by atoms with Gasteiger partial charge in [0, 0.05) is 6.42 Å². The van der Waals surface area contributed by atoms with E-state index < -0.39 is 0 Å². The normalized spacial score (nSPS) is 23.0. The Kier molecular flexibility index (Phi) is 4.43. The molecule has 0 bridgehead atoms. The molecule has 1 unspecified atom stereocenters. The summed E-state index contributed by atoms with van der Waals surface area (Å²) in [5, 5.41) is 0. The molecular formula is C11H21NO. The van der Waals surface area contributed by atoms with Crippen LogP contribution in [-0.2, 0) is 4.79 Å². The third-order valence-corrected chi connectivity index (χ3v) is 2.92. The number of nitrogens with zero attached hydrogens (tertiary/aromatic N) is 1. The molecule has 0 saturated heterocycles. The molecule has 13 heavy (non-hydrogen) atoms. The number of Topliss-reactive ketones (excluding diaryl/α,β-unsaturated/α-hetero) is 1. The minimum Gasteiger partial charge on any atom is -0.298 e. The molecule has 2 nitrogen and oxygen atoms in total. The monoisotopic (exact) mass is 183 g/mol. The van der Waals surface area contributed by atoms with Crippen LogP contribution in [0.4, 0.5) is 0 Å². The molecule has 1 rings (SSSR count). The first-order valence-corrected chi connectivity index (χ1v) is 5.48. The fourth-order valence-corrected chi connectivity index (χ4v) is 2.03. The average Bonchev–Trinajstić information content (AvgIpc) is 2.52. The Morgan fingerprint density at radius 3 is 2.77 bits per heavy atom. The fraction of sp³-hybridized carbons (Fsp3) is 0.909. The Morgan fingerprint density at radius 2 is 2.23 bits per heavy atom. The summed E-state index contributed by atoms with van der Waals surface area (Å²) < 4.78 is 0. The number of carbonyl (C=O) groups excluding carboxylic acids is 1. The van der Waals surface area contributed by atoms with Gasteiger partial charge in [0.2, 0.25) is 0 Å². The van der Waals surface area contributed by atoms with Gasteiger partial charge in [0.15, 0.2) is 0 Å². The molecule has 2 heteroatoms. The van der Waals surface area contributed by atoms with Crippen molar-refractivity contribution in [1.29, 1.82) is 0 Å². The van der Waals surface area contributed by atoms with Gasteiger partial charge >= 0.3 is 0 Å². The highest BCUT2D eigenvalue weighted by molar-refractivity contribution is 5.85. The summed E-state index contributed by atoms with van der Waals surface area (Å²) in [7, 11) is 2.09. The van der Waals surface area contributed by atoms with E-state index >= 15 is 0 Å². The van der Waals surface area contributed by atoms with Gasteiger partial charge in [0.25, 0.3) is 0 Å². The quantitative estimate of drug-likeness (QED) is 0.609. The van der Waals surface area contributed by atoms with Crippen LogP contribution in [0.2, 0.25) is 0 Å². The van der Waals surface area contributed by atoms with Crippen molar-refractivity contribution in [1.82, 2.24) is 4.90 Å². The van der Waals surface area contributed by atoms with Crippen molar-refractivity contribution in [2.45, 2.75) is 51.5 Å². The van der Waals surface area contributed by atoms with Crippen LogP contribution >= 0.6 is 0 Å². The molecule has 0 spiro atoms. The van der Waals surface area contributed by atoms with Crippen molar-refractivity contribution in [3.63, 3.8) is 0 Å². The molecule has 0 N–H and O–H groups in total. The highest BCUT2D eigenvalue weighted by Gasteiger charge is 2.27. The number of rotatable bonds is 5. The molecule has 1 aliphatic carbocycles. The second-order valence-corrected chi connectivity index (χ2v) is 4.06. The predicted molar refractivity (Wildman–Crippen MR) is 54.8 cm³/mol. The van der Waals surface area contributed by atoms with E-state index in [1.807, 2.05) is 0 Å². The molecule has 0 aliphatic heterocycles. The summed E-state index contributed by atoms with van der Waals surface area (Å²) >= 11 is 0. The largest absolute Gasteiger partial charge is 0.298 e. The number of carbonyl (C=O) groups is 1. The van der Waals surface area contributed by atoms with E-state index in [9.17, 15) is 4.79 Å². The van der Waals surface area contributed by atoms with Gasteiger partial charge in [-0.05, 0) is 32.9 Å². The van der Waals surface area contributed by atoms with Gasteiger partial charge in [-0.15, -0.1) is 0 Å². The summed E-state index contributed by atoms with van der Waals surface area (Å²) in [6.45, 7) is 3.30. The second-order valence-electron chi connectivity index (χ2n) is 4.06. The molecule has 0 aromatic carbocycles. The van der Waals surface area contributed by atoms with E-state index in [-0.39, 0.29) is 6.04 Å². The molecule has 0 aromatic heterocycles. The van der Waals surface area contributed by atoms with Gasteiger partial charge < -0.3 is 0 Å². The standard InChI is InChI=1S/C11H21NO/c1-3-4-5-9-12(2)10-7-6-8-11(10)13/h10H,3-9H2,1-2H3. The number of ketones is 1. The molecule has 0 heterocycles. The van der Waals surface area contributed by atoms with Crippen molar-refractivity contribution in [2.75, 3.05) is 13.6 Å². The van der Waals surface area contributed by atoms with E-state index in [1.165, 1.54) is 19.3 Å². The number of unbranched alkanes of at least 4 members (excludes halogenated alkanes) is 2. The van der Waals surface area contributed by atoms with Crippen LogP contribution in [0, 0.1) is 0 Å². The average molecular weight is 183 g/mol. The second kappa shape index (κ2) is 5.38. The number of hydrogen-bond donors (Lipinski definition) is 0. The zero-order chi connectivity index (χ0) is 9.68. The lowest BCUT2D eigenvalue weighted by Gasteiger charge is -2.22. The van der Waals surface area contributed by atoms with E-state index in [4.69, 9.17) is 0 Å². The molecule has 1 atom stereocenters. The molecule has 0 amide bonds. The molecule has 1 fully saturated rings. The molecule has 1 aliphatic rings. The van der Waals surface area contributed by atoms with Gasteiger partial charge in [0.05, 0.1) is 6.04 Å². The first kappa shape index (κ1) is 10.7. The zero-order valence-corrected chi connectivity index (χ0v) is 8.88. The molecule has 1 saturated carbocycles. The third-order valence-electron chi connectivity index (χ3n) is 2.92. The lowest BCUT2D eigenvalue weighted by Crippen LogP contribution is -2.35. The van der Waals surface area contributed by atoms with Gasteiger partial charge in [-0.3, -0.25) is 9.69 Å². The van der Waals surface area contributed by atoms with Crippen LogP contribution in [0.3, 0.4) is 0 Å². The van der Waals surface area contributed by atoms with Gasteiger partial charge in [-0.25, -0.2) is 0 Å². The van der Waals surface area contributed by atoms with Crippen molar-refractivity contribution < 1.29 is 4.79 Å². The van der Waals surface area contributed by atoms with Crippen LogP contribution in [0.1, 0.15) is 45.4 Å². The van der Waals surface area contributed by atoms with Crippen molar-refractivity contribution in [2.24, 2.45) is 0 Å². The molecular weight excluding hydrogens is 162 g/mol. The smallest absolute Gasteiger partial charge is 0.149 e. The minimum atomic E-state index is 0.247. The van der Waals surface area contributed by atoms with Crippen molar-refractivity contribution in [3.05, 3.63) is 0 Å². The first-order chi connectivity index (χ1) is 6.25. The maximum Gasteiger partial charge on any atom is 0.149 e. The first-order valence-electron chi connectivity index (χ1n) is 5.48. The number of hydrogen-bond acceptors (Lipinski definition) is 2. The van der Waals surface area contributed by atoms with E-state index in [0.717, 1.165) is 25.8 Å². The Bertz CT molecular complexity index is 167. The van der Waals surface area contributed by atoms with Crippen molar-refractivity contribution >= 4 is 5.78 Å². The predicted octanol–water partition coefficient (Wildman–Crippen LogP) is 2.23. The Hall–Kier alpha value is -0.370. The molecule has 0 aromatic rings. The SMILES string of the molecule is CCCCCN(C)C1CCCC1=O. The van der Waals surface area contributed by atoms with Gasteiger partial charge in [-0.1, -0.05) is 19.8 Å². The van der Waals surface area contributed by atoms with E-state index in [0.29, 0.717) is 5.78 Å². The van der Waals surface area contributed by atoms with Gasteiger partial charge in [-0.2, -0.15) is 0 Å². The van der Waals surface area contributed by atoms with Crippen LogP contribution in [0.15, 0.2) is 0 Å². The van der Waals surface area contributed by atoms with Crippen molar-refractivity contribution in [3.8, 4) is 0 Å². The maximum atomic E-state index is 11.4. The summed E-state index contributed by atoms with van der Waals surface area (Å²) in [6.07, 6.45) is 6.76. The Morgan fingerprint density at radius 1 is 1.46 bits per heavy atom. The van der Waals surface area contributed by atoms with E-state index in [1.54, 1.807) is 0 Å².